The van der Waals surface area contributed by atoms with Crippen molar-refractivity contribution in [3.05, 3.63) is 0 Å². The van der Waals surface area contributed by atoms with Gasteiger partial charge in [-0.15, -0.1) is 0 Å². The van der Waals surface area contributed by atoms with Crippen LogP contribution in [0.3, 0.4) is 0 Å². The van der Waals surface area contributed by atoms with E-state index < -0.39 is 11.9 Å². The van der Waals surface area contributed by atoms with Crippen molar-refractivity contribution in [2.75, 3.05) is 13.7 Å². The molecule has 2 heterocycles. The molecule has 0 amide bonds. The van der Waals surface area contributed by atoms with Crippen molar-refractivity contribution < 1.29 is 19.4 Å². The second-order valence-electron chi connectivity index (χ2n) is 5.05. The van der Waals surface area contributed by atoms with Crippen LogP contribution in [-0.4, -0.2) is 54.0 Å². The first-order valence-corrected chi connectivity index (χ1v) is 5.39. The van der Waals surface area contributed by atoms with Crippen molar-refractivity contribution in [2.24, 2.45) is 5.92 Å². The summed E-state index contributed by atoms with van der Waals surface area (Å²) in [5.41, 5.74) is 0. The average molecular weight is 215 g/mol. The van der Waals surface area contributed by atoms with Gasteiger partial charge in [0.25, 0.3) is 0 Å². The lowest BCUT2D eigenvalue weighted by molar-refractivity contribution is -0.180. The summed E-state index contributed by atoms with van der Waals surface area (Å²) < 4.78 is 11.5. The Labute approximate surface area is 88.9 Å². The second kappa shape index (κ2) is 2.93. The third-order valence-electron chi connectivity index (χ3n) is 3.60. The minimum atomic E-state index is -0.581. The number of likely N-dealkylation sites (N-methyl/N-ethyl adjacent to an activating group) is 1. The maximum atomic E-state index is 10.1. The van der Waals surface area contributed by atoms with Crippen molar-refractivity contribution >= 4 is 0 Å². The van der Waals surface area contributed by atoms with E-state index in [9.17, 15) is 5.11 Å². The molecule has 0 radical (unpaired) electrons. The Bertz CT molecular complexity index is 281. The van der Waals surface area contributed by atoms with Gasteiger partial charge in [-0.05, 0) is 13.8 Å². The van der Waals surface area contributed by atoms with E-state index in [2.05, 4.69) is 0 Å². The minimum Gasteiger partial charge on any atom is -0.389 e. The monoisotopic (exact) mass is 215 g/mol. The summed E-state index contributed by atoms with van der Waals surface area (Å²) in [6.07, 6.45) is -0.763. The molecule has 3 aliphatic rings. The van der Waals surface area contributed by atoms with Gasteiger partial charge in [-0.3, -0.25) is 4.84 Å². The number of aliphatic hydroxyl groups excluding tert-OH is 1. The fourth-order valence-corrected chi connectivity index (χ4v) is 3.02. The summed E-state index contributed by atoms with van der Waals surface area (Å²) in [5.74, 6) is -0.362. The molecular weight excluding hydrogens is 198 g/mol. The average Bonchev–Trinajstić information content (AvgIpc) is 2.70. The number of hydrogen-bond acceptors (Lipinski definition) is 5. The van der Waals surface area contributed by atoms with Gasteiger partial charge in [0.2, 0.25) is 0 Å². The van der Waals surface area contributed by atoms with Crippen LogP contribution in [0.1, 0.15) is 13.8 Å². The molecule has 1 N–H and O–H groups in total. The van der Waals surface area contributed by atoms with Gasteiger partial charge >= 0.3 is 0 Å². The van der Waals surface area contributed by atoms with Crippen LogP contribution in [0, 0.1) is 5.92 Å². The fraction of sp³-hybridized carbons (Fsp3) is 1.00. The van der Waals surface area contributed by atoms with Crippen LogP contribution in [0.15, 0.2) is 0 Å². The fourth-order valence-electron chi connectivity index (χ4n) is 3.02. The normalized spacial score (nSPS) is 53.2. The van der Waals surface area contributed by atoms with Gasteiger partial charge in [-0.25, -0.2) is 0 Å². The molecule has 3 fully saturated rings. The Balaban J connectivity index is 1.87. The van der Waals surface area contributed by atoms with Gasteiger partial charge in [0, 0.05) is 13.0 Å². The highest BCUT2D eigenvalue weighted by Gasteiger charge is 2.61. The van der Waals surface area contributed by atoms with Crippen LogP contribution in [-0.2, 0) is 14.3 Å². The summed E-state index contributed by atoms with van der Waals surface area (Å²) >= 11 is 0. The topological polar surface area (TPSA) is 51.2 Å². The van der Waals surface area contributed by atoms with E-state index in [-0.39, 0.29) is 24.2 Å². The highest BCUT2D eigenvalue weighted by atomic mass is 16.8. The van der Waals surface area contributed by atoms with E-state index in [1.807, 2.05) is 20.9 Å². The molecular formula is C10H17NO4. The molecule has 15 heavy (non-hydrogen) atoms. The maximum absolute atomic E-state index is 10.1. The van der Waals surface area contributed by atoms with Crippen molar-refractivity contribution in [2.45, 2.75) is 44.0 Å². The first kappa shape index (κ1) is 9.99. The third-order valence-corrected chi connectivity index (χ3v) is 3.60. The standard InChI is InChI=1S/C10H17NO4/c1-10(2)14-8-5-4-13-11(3)6(5)7(12)9(8)15-10/h5-9,12H,4H2,1-3H3/t5-,6+,7-,8-,9+/m0/s1. The quantitative estimate of drug-likeness (QED) is 0.603. The zero-order valence-electron chi connectivity index (χ0n) is 9.21. The highest BCUT2D eigenvalue weighted by Crippen LogP contribution is 2.45. The van der Waals surface area contributed by atoms with Crippen LogP contribution < -0.4 is 0 Å². The number of ether oxygens (including phenoxy) is 2. The summed E-state index contributed by atoms with van der Waals surface area (Å²) in [7, 11) is 1.85. The zero-order valence-corrected chi connectivity index (χ0v) is 9.21. The Morgan fingerprint density at radius 1 is 1.27 bits per heavy atom. The van der Waals surface area contributed by atoms with Crippen LogP contribution in [0.25, 0.3) is 0 Å². The lowest BCUT2D eigenvalue weighted by Crippen LogP contribution is -2.41. The number of hydroxylamine groups is 2. The zero-order chi connectivity index (χ0) is 10.8. The molecule has 5 atom stereocenters. The Hall–Kier alpha value is -0.200. The molecule has 86 valence electrons. The predicted molar refractivity (Wildman–Crippen MR) is 50.8 cm³/mol. The van der Waals surface area contributed by atoms with Gasteiger partial charge in [0.05, 0.1) is 18.8 Å². The molecule has 3 rings (SSSR count). The molecule has 0 aromatic rings. The van der Waals surface area contributed by atoms with E-state index in [1.54, 1.807) is 5.06 Å². The number of fused-ring (bicyclic) bond motifs is 3. The smallest absolute Gasteiger partial charge is 0.163 e. The highest BCUT2D eigenvalue weighted by molar-refractivity contribution is 5.07. The Morgan fingerprint density at radius 2 is 1.93 bits per heavy atom. The lowest BCUT2D eigenvalue weighted by Gasteiger charge is -2.25. The Morgan fingerprint density at radius 3 is 2.67 bits per heavy atom. The molecule has 0 unspecified atom stereocenters. The first-order valence-electron chi connectivity index (χ1n) is 5.39. The van der Waals surface area contributed by atoms with Gasteiger partial charge in [0.15, 0.2) is 5.79 Å². The molecule has 5 heteroatoms. The van der Waals surface area contributed by atoms with Gasteiger partial charge in [0.1, 0.15) is 12.2 Å². The molecule has 5 nitrogen and oxygen atoms in total. The van der Waals surface area contributed by atoms with Crippen LogP contribution >= 0.6 is 0 Å². The molecule has 2 saturated heterocycles. The molecule has 1 saturated carbocycles. The van der Waals surface area contributed by atoms with Crippen LogP contribution in [0.4, 0.5) is 0 Å². The van der Waals surface area contributed by atoms with Crippen molar-refractivity contribution in [3.8, 4) is 0 Å². The van der Waals surface area contributed by atoms with Gasteiger partial charge in [-0.2, -0.15) is 5.06 Å². The van der Waals surface area contributed by atoms with E-state index >= 15 is 0 Å². The second-order valence-corrected chi connectivity index (χ2v) is 5.05. The Kier molecular flexibility index (Phi) is 1.95. The summed E-state index contributed by atoms with van der Waals surface area (Å²) in [4.78, 5) is 5.40. The van der Waals surface area contributed by atoms with Crippen molar-refractivity contribution in [3.63, 3.8) is 0 Å². The van der Waals surface area contributed by atoms with Crippen molar-refractivity contribution in [1.82, 2.24) is 5.06 Å². The van der Waals surface area contributed by atoms with E-state index in [0.29, 0.717) is 6.61 Å². The summed E-state index contributed by atoms with van der Waals surface area (Å²) in [5, 5.41) is 11.9. The van der Waals surface area contributed by atoms with Gasteiger partial charge in [-0.1, -0.05) is 0 Å². The third kappa shape index (κ3) is 1.28. The number of hydrogen-bond donors (Lipinski definition) is 1. The molecule has 2 aliphatic heterocycles. The minimum absolute atomic E-state index is 0.0103. The van der Waals surface area contributed by atoms with E-state index in [1.165, 1.54) is 0 Å². The summed E-state index contributed by atoms with van der Waals surface area (Å²) in [6, 6.07) is 0.0103. The van der Waals surface area contributed by atoms with E-state index in [0.717, 1.165) is 0 Å². The van der Waals surface area contributed by atoms with E-state index in [4.69, 9.17) is 14.3 Å². The van der Waals surface area contributed by atoms with Crippen LogP contribution in [0.5, 0.6) is 0 Å². The molecule has 0 spiro atoms. The largest absolute Gasteiger partial charge is 0.389 e. The maximum Gasteiger partial charge on any atom is 0.163 e. The molecule has 0 bridgehead atoms. The molecule has 1 aliphatic carbocycles. The van der Waals surface area contributed by atoms with Gasteiger partial charge < -0.3 is 14.6 Å². The lowest BCUT2D eigenvalue weighted by atomic mass is 10.0. The first-order chi connectivity index (χ1) is 6.99. The molecule has 0 aromatic heterocycles. The van der Waals surface area contributed by atoms with Crippen LogP contribution in [0.2, 0.25) is 0 Å². The molecule has 0 aromatic carbocycles. The number of nitrogens with zero attached hydrogens (tertiary/aromatic N) is 1. The SMILES string of the molecule is CN1OC[C@@H]2[C@@H]3OC(C)(C)O[C@@H]3[C@@H](O)[C@@H]21. The number of rotatable bonds is 0. The summed E-state index contributed by atoms with van der Waals surface area (Å²) in [6.45, 7) is 4.37. The predicted octanol–water partition coefficient (Wildman–Crippen LogP) is -0.257. The van der Waals surface area contributed by atoms with Crippen molar-refractivity contribution in [1.29, 1.82) is 0 Å². The number of aliphatic hydroxyl groups is 1.